The molecule has 0 saturated carbocycles. The van der Waals surface area contributed by atoms with Crippen LogP contribution in [0, 0.1) is 23.3 Å². The van der Waals surface area contributed by atoms with Crippen molar-refractivity contribution in [3.8, 4) is 11.3 Å². The number of esters is 1. The number of aromatic nitrogens is 4. The lowest BCUT2D eigenvalue weighted by Crippen LogP contribution is -2.08. The van der Waals surface area contributed by atoms with Crippen LogP contribution in [0.4, 0.5) is 17.6 Å². The van der Waals surface area contributed by atoms with Gasteiger partial charge in [0, 0.05) is 24.2 Å². The third-order valence-corrected chi connectivity index (χ3v) is 5.18. The van der Waals surface area contributed by atoms with Gasteiger partial charge in [0.25, 0.3) is 0 Å². The molecule has 0 aliphatic rings. The normalized spacial score (nSPS) is 10.6. The quantitative estimate of drug-likeness (QED) is 0.239. The van der Waals surface area contributed by atoms with Crippen LogP contribution in [0.15, 0.2) is 48.5 Å². The van der Waals surface area contributed by atoms with Crippen LogP contribution >= 0.6 is 0 Å². The highest BCUT2D eigenvalue weighted by Crippen LogP contribution is 2.21. The number of H-pyrrole nitrogens is 1. The van der Waals surface area contributed by atoms with E-state index in [4.69, 9.17) is 9.84 Å². The molecule has 2 N–H and O–H groups in total. The van der Waals surface area contributed by atoms with Crippen molar-refractivity contribution in [1.82, 2.24) is 20.0 Å². The summed E-state index contributed by atoms with van der Waals surface area (Å²) in [4.78, 5) is 22.4. The minimum absolute atomic E-state index is 0.0165. The number of aromatic amines is 1. The minimum Gasteiger partial charge on any atom is -0.477 e. The Bertz CT molecular complexity index is 1390. The third-order valence-electron chi connectivity index (χ3n) is 5.18. The fraction of sp³-hybridized carbons (Fsp3) is 0.231. The van der Waals surface area contributed by atoms with Crippen molar-refractivity contribution in [2.45, 2.75) is 33.2 Å². The Labute approximate surface area is 214 Å². The second-order valence-corrected chi connectivity index (χ2v) is 7.96. The molecule has 0 spiro atoms. The van der Waals surface area contributed by atoms with E-state index in [1.807, 2.05) is 0 Å². The number of ether oxygens (including phenoxy) is 1. The monoisotopic (exact) mass is 532 g/mol. The second-order valence-electron chi connectivity index (χ2n) is 7.96. The molecule has 0 atom stereocenters. The van der Waals surface area contributed by atoms with Gasteiger partial charge in [-0.1, -0.05) is 0 Å². The number of aryl methyl sites for hydroxylation is 3. The molecule has 4 rings (SSSR count). The lowest BCUT2D eigenvalue weighted by atomic mass is 10.1. The molecular weight excluding hydrogens is 508 g/mol. The van der Waals surface area contributed by atoms with E-state index in [1.54, 1.807) is 19.9 Å². The molecule has 4 aromatic rings. The first-order valence-electron chi connectivity index (χ1n) is 11.5. The highest BCUT2D eigenvalue weighted by molar-refractivity contribution is 5.87. The fourth-order valence-corrected chi connectivity index (χ4v) is 3.51. The number of benzene rings is 2. The largest absolute Gasteiger partial charge is 0.477 e. The Morgan fingerprint density at radius 2 is 1.50 bits per heavy atom. The zero-order valence-electron chi connectivity index (χ0n) is 20.5. The number of nitrogens with zero attached hydrogens (tertiary/aromatic N) is 3. The van der Waals surface area contributed by atoms with Crippen molar-refractivity contribution in [2.24, 2.45) is 0 Å². The zero-order valence-corrected chi connectivity index (χ0v) is 20.5. The van der Waals surface area contributed by atoms with Crippen LogP contribution in [0.25, 0.3) is 11.3 Å². The van der Waals surface area contributed by atoms with Crippen LogP contribution in [0.2, 0.25) is 0 Å². The number of aromatic carboxylic acids is 1. The summed E-state index contributed by atoms with van der Waals surface area (Å²) in [5.74, 6) is -4.26. The average molecular weight is 532 g/mol. The molecule has 2 aromatic carbocycles. The molecule has 38 heavy (non-hydrogen) atoms. The van der Waals surface area contributed by atoms with E-state index in [9.17, 15) is 27.2 Å². The number of carbonyl (C=O) groups excluding carboxylic acids is 1. The lowest BCUT2D eigenvalue weighted by Gasteiger charge is -2.00. The fourth-order valence-electron chi connectivity index (χ4n) is 3.51. The molecule has 2 heterocycles. The molecule has 0 saturated heterocycles. The lowest BCUT2D eigenvalue weighted by molar-refractivity contribution is 0.0518. The maximum Gasteiger partial charge on any atom is 0.356 e. The first kappa shape index (κ1) is 28.1. The molecule has 0 amide bonds. The number of carboxylic acids is 1. The molecule has 200 valence electrons. The van der Waals surface area contributed by atoms with Gasteiger partial charge in [0.1, 0.15) is 34.7 Å². The molecular formula is C26H24F4N4O4. The summed E-state index contributed by atoms with van der Waals surface area (Å²) in [6.45, 7) is 4.10. The van der Waals surface area contributed by atoms with Gasteiger partial charge in [-0.3, -0.25) is 9.78 Å². The van der Waals surface area contributed by atoms with Gasteiger partial charge in [-0.2, -0.15) is 10.2 Å². The van der Waals surface area contributed by atoms with Crippen molar-refractivity contribution in [2.75, 3.05) is 6.61 Å². The first-order valence-corrected chi connectivity index (χ1v) is 11.5. The second kappa shape index (κ2) is 12.7. The van der Waals surface area contributed by atoms with Gasteiger partial charge in [0.05, 0.1) is 18.0 Å². The van der Waals surface area contributed by atoms with E-state index < -0.39 is 35.2 Å². The van der Waals surface area contributed by atoms with Crippen molar-refractivity contribution in [3.63, 3.8) is 0 Å². The van der Waals surface area contributed by atoms with Crippen LogP contribution in [-0.4, -0.2) is 43.6 Å². The highest BCUT2D eigenvalue weighted by Gasteiger charge is 2.15. The molecule has 0 fully saturated rings. The van der Waals surface area contributed by atoms with Gasteiger partial charge >= 0.3 is 11.9 Å². The molecule has 0 aliphatic carbocycles. The predicted octanol–water partition coefficient (Wildman–Crippen LogP) is 5.20. The van der Waals surface area contributed by atoms with Crippen molar-refractivity contribution < 1.29 is 37.0 Å². The number of halogens is 4. The van der Waals surface area contributed by atoms with Gasteiger partial charge in [0.15, 0.2) is 0 Å². The summed E-state index contributed by atoms with van der Waals surface area (Å²) >= 11 is 0. The standard InChI is InChI=1S/C14H14F2N2O2.C12H10F2N2O2/c1-2-20-14(19)13-8-12(17-18-13)4-3-9-5-10(15)7-11(16)6-9;1-2-16-11(12(17)18)6-10(15-16)7-3-8(13)5-9(14)4-7/h5-8H,2-4H2,1H3,(H,17,18);3-6H,2H2,1H3,(H,17,18). The molecule has 0 radical (unpaired) electrons. The Kier molecular flexibility index (Phi) is 9.36. The molecule has 12 heteroatoms. The minimum atomic E-state index is -1.13. The van der Waals surface area contributed by atoms with Crippen LogP contribution in [0.3, 0.4) is 0 Å². The zero-order chi connectivity index (χ0) is 27.8. The maximum absolute atomic E-state index is 13.1. The SMILES string of the molecule is CCOC(=O)c1cc(CCc2cc(F)cc(F)c2)n[nH]1.CCn1nc(-c2cc(F)cc(F)c2)cc1C(=O)O. The molecule has 0 bridgehead atoms. The van der Waals surface area contributed by atoms with E-state index in [0.717, 1.165) is 24.3 Å². The molecule has 0 aliphatic heterocycles. The summed E-state index contributed by atoms with van der Waals surface area (Å²) in [5, 5.41) is 19.5. The number of hydrogen-bond acceptors (Lipinski definition) is 5. The predicted molar refractivity (Wildman–Crippen MR) is 129 cm³/mol. The van der Waals surface area contributed by atoms with Gasteiger partial charge < -0.3 is 9.84 Å². The molecule has 2 aromatic heterocycles. The van der Waals surface area contributed by atoms with Crippen molar-refractivity contribution >= 4 is 11.9 Å². The number of carbonyl (C=O) groups is 2. The average Bonchev–Trinajstić information content (AvgIpc) is 3.50. The number of rotatable bonds is 8. The van der Waals surface area contributed by atoms with Crippen LogP contribution < -0.4 is 0 Å². The number of nitrogens with one attached hydrogen (secondary N) is 1. The summed E-state index contributed by atoms with van der Waals surface area (Å²) < 4.78 is 58.3. The number of carboxylic acid groups (broad SMARTS) is 1. The van der Waals surface area contributed by atoms with E-state index in [1.165, 1.54) is 22.9 Å². The summed E-state index contributed by atoms with van der Waals surface area (Å²) in [7, 11) is 0. The Morgan fingerprint density at radius 1 is 0.895 bits per heavy atom. The van der Waals surface area contributed by atoms with Gasteiger partial charge in [-0.15, -0.1) is 0 Å². The summed E-state index contributed by atoms with van der Waals surface area (Å²) in [5.41, 5.74) is 1.88. The molecule has 8 nitrogen and oxygen atoms in total. The topological polar surface area (TPSA) is 110 Å². The van der Waals surface area contributed by atoms with Crippen molar-refractivity contribution in [3.05, 3.63) is 94.4 Å². The van der Waals surface area contributed by atoms with Gasteiger partial charge in [-0.25, -0.2) is 27.2 Å². The Balaban J connectivity index is 0.000000212. The third kappa shape index (κ3) is 7.51. The summed E-state index contributed by atoms with van der Waals surface area (Å²) in [6, 6.07) is 9.22. The Hall–Kier alpha value is -4.48. The van der Waals surface area contributed by atoms with Crippen LogP contribution in [0.5, 0.6) is 0 Å². The first-order chi connectivity index (χ1) is 18.1. The molecule has 0 unspecified atom stereocenters. The van der Waals surface area contributed by atoms with Gasteiger partial charge in [-0.05, 0) is 68.7 Å². The highest BCUT2D eigenvalue weighted by atomic mass is 19.1. The smallest absolute Gasteiger partial charge is 0.356 e. The van der Waals surface area contributed by atoms with Crippen LogP contribution in [0.1, 0.15) is 46.1 Å². The maximum atomic E-state index is 13.1. The van der Waals surface area contributed by atoms with E-state index in [0.29, 0.717) is 30.6 Å². The van der Waals surface area contributed by atoms with E-state index in [-0.39, 0.29) is 29.3 Å². The summed E-state index contributed by atoms with van der Waals surface area (Å²) in [6.07, 6.45) is 0.903. The number of hydrogen-bond donors (Lipinski definition) is 2. The van der Waals surface area contributed by atoms with Crippen LogP contribution in [-0.2, 0) is 24.1 Å². The van der Waals surface area contributed by atoms with E-state index in [2.05, 4.69) is 15.3 Å². The van der Waals surface area contributed by atoms with Crippen molar-refractivity contribution in [1.29, 1.82) is 0 Å². The Morgan fingerprint density at radius 3 is 2.03 bits per heavy atom. The van der Waals surface area contributed by atoms with E-state index >= 15 is 0 Å². The van der Waals surface area contributed by atoms with Gasteiger partial charge in [0.2, 0.25) is 0 Å².